The highest BCUT2D eigenvalue weighted by Gasteiger charge is 2.32. The van der Waals surface area contributed by atoms with E-state index in [-0.39, 0.29) is 5.91 Å². The van der Waals surface area contributed by atoms with Crippen molar-refractivity contribution < 1.29 is 4.79 Å². The van der Waals surface area contributed by atoms with Crippen molar-refractivity contribution >= 4 is 5.91 Å². The number of hydrogen-bond acceptors (Lipinski definition) is 4. The van der Waals surface area contributed by atoms with Crippen LogP contribution < -0.4 is 5.32 Å². The molecule has 2 aromatic heterocycles. The average molecular weight is 326 g/mol. The second-order valence-corrected chi connectivity index (χ2v) is 7.57. The third-order valence-corrected chi connectivity index (χ3v) is 4.63. The number of piperidine rings is 1. The van der Waals surface area contributed by atoms with Gasteiger partial charge in [-0.2, -0.15) is 5.10 Å². The van der Waals surface area contributed by atoms with Crippen LogP contribution in [0.15, 0.2) is 24.4 Å². The summed E-state index contributed by atoms with van der Waals surface area (Å²) in [5.74, 6) is 0.406. The molecule has 5 nitrogen and oxygen atoms in total. The first kappa shape index (κ1) is 16.8. The molecule has 1 aliphatic heterocycles. The van der Waals surface area contributed by atoms with Crippen LogP contribution in [0, 0.1) is 12.3 Å². The molecular formula is C19H26N4O. The summed E-state index contributed by atoms with van der Waals surface area (Å²) in [5.41, 5.74) is 3.32. The summed E-state index contributed by atoms with van der Waals surface area (Å²) in [6.07, 6.45) is 3.83. The van der Waals surface area contributed by atoms with Gasteiger partial charge >= 0.3 is 0 Å². The van der Waals surface area contributed by atoms with E-state index in [0.29, 0.717) is 5.92 Å². The lowest BCUT2D eigenvalue weighted by molar-refractivity contribution is 0.0742. The Morgan fingerprint density at radius 3 is 2.54 bits per heavy atom. The van der Waals surface area contributed by atoms with Crippen molar-refractivity contribution in [2.75, 3.05) is 13.1 Å². The van der Waals surface area contributed by atoms with Gasteiger partial charge in [0.25, 0.3) is 5.91 Å². The van der Waals surface area contributed by atoms with Gasteiger partial charge in [0.1, 0.15) is 5.69 Å². The summed E-state index contributed by atoms with van der Waals surface area (Å²) >= 11 is 0. The fourth-order valence-corrected chi connectivity index (χ4v) is 3.30. The fourth-order valence-electron chi connectivity index (χ4n) is 3.30. The minimum Gasteiger partial charge on any atom is -0.317 e. The number of pyridine rings is 1. The molecule has 128 valence electrons. The van der Waals surface area contributed by atoms with E-state index in [1.54, 1.807) is 10.9 Å². The largest absolute Gasteiger partial charge is 0.317 e. The van der Waals surface area contributed by atoms with Crippen LogP contribution in [-0.2, 0) is 0 Å². The van der Waals surface area contributed by atoms with Gasteiger partial charge in [-0.25, -0.2) is 4.68 Å². The monoisotopic (exact) mass is 326 g/mol. The maximum Gasteiger partial charge on any atom is 0.252 e. The van der Waals surface area contributed by atoms with E-state index in [4.69, 9.17) is 5.10 Å². The molecule has 0 amide bonds. The van der Waals surface area contributed by atoms with Crippen LogP contribution in [0.3, 0.4) is 0 Å². The van der Waals surface area contributed by atoms with Crippen molar-refractivity contribution in [3.63, 3.8) is 0 Å². The maximum atomic E-state index is 13.0. The number of nitrogens with zero attached hydrogens (tertiary/aromatic N) is 3. The van der Waals surface area contributed by atoms with Gasteiger partial charge in [0.2, 0.25) is 0 Å². The lowest BCUT2D eigenvalue weighted by atomic mass is 9.90. The van der Waals surface area contributed by atoms with Gasteiger partial charge in [-0.1, -0.05) is 26.8 Å². The van der Waals surface area contributed by atoms with Crippen LogP contribution in [-0.4, -0.2) is 33.8 Å². The predicted octanol–water partition coefficient (Wildman–Crippen LogP) is 3.41. The molecule has 3 rings (SSSR count). The molecule has 1 fully saturated rings. The van der Waals surface area contributed by atoms with Crippen molar-refractivity contribution in [1.82, 2.24) is 20.1 Å². The van der Waals surface area contributed by atoms with Gasteiger partial charge < -0.3 is 5.32 Å². The molecule has 3 heterocycles. The standard InChI is InChI=1S/C19H26N4O/c1-13-16(15-7-5-6-10-21-15)22-23(18(24)19(2,3)4)17(13)14-8-11-20-12-9-14/h5-7,10,14,20H,8-9,11-12H2,1-4H3. The molecule has 1 N–H and O–H groups in total. The first-order chi connectivity index (χ1) is 11.4. The lowest BCUT2D eigenvalue weighted by Crippen LogP contribution is -2.33. The van der Waals surface area contributed by atoms with E-state index in [2.05, 4.69) is 17.2 Å². The predicted molar refractivity (Wildman–Crippen MR) is 95.1 cm³/mol. The van der Waals surface area contributed by atoms with Gasteiger partial charge in [0.15, 0.2) is 0 Å². The van der Waals surface area contributed by atoms with Crippen LogP contribution in [0.25, 0.3) is 11.4 Å². The summed E-state index contributed by atoms with van der Waals surface area (Å²) in [6.45, 7) is 9.87. The average Bonchev–Trinajstić information content (AvgIpc) is 2.92. The highest BCUT2D eigenvalue weighted by Crippen LogP contribution is 2.34. The van der Waals surface area contributed by atoms with Crippen molar-refractivity contribution in [2.24, 2.45) is 5.41 Å². The van der Waals surface area contributed by atoms with Crippen molar-refractivity contribution in [3.05, 3.63) is 35.7 Å². The van der Waals surface area contributed by atoms with E-state index in [9.17, 15) is 4.79 Å². The molecule has 5 heteroatoms. The Balaban J connectivity index is 2.14. The first-order valence-corrected chi connectivity index (χ1v) is 8.66. The Kier molecular flexibility index (Phi) is 4.54. The number of rotatable bonds is 2. The molecule has 0 bridgehead atoms. The van der Waals surface area contributed by atoms with Crippen LogP contribution in [0.2, 0.25) is 0 Å². The molecule has 24 heavy (non-hydrogen) atoms. The summed E-state index contributed by atoms with van der Waals surface area (Å²) < 4.78 is 1.66. The van der Waals surface area contributed by atoms with Crippen LogP contribution >= 0.6 is 0 Å². The van der Waals surface area contributed by atoms with E-state index < -0.39 is 5.41 Å². The molecule has 1 saturated heterocycles. The van der Waals surface area contributed by atoms with Crippen LogP contribution in [0.1, 0.15) is 55.6 Å². The zero-order chi connectivity index (χ0) is 17.3. The molecule has 1 aliphatic rings. The summed E-state index contributed by atoms with van der Waals surface area (Å²) in [6, 6.07) is 5.80. The molecule has 0 atom stereocenters. The molecule has 0 saturated carbocycles. The third kappa shape index (κ3) is 3.13. The highest BCUT2D eigenvalue weighted by atomic mass is 16.2. The van der Waals surface area contributed by atoms with Crippen molar-refractivity contribution in [2.45, 2.75) is 46.5 Å². The Bertz CT molecular complexity index is 722. The van der Waals surface area contributed by atoms with E-state index in [1.165, 1.54) is 0 Å². The number of carbonyl (C=O) groups is 1. The second-order valence-electron chi connectivity index (χ2n) is 7.57. The summed E-state index contributed by atoms with van der Waals surface area (Å²) in [7, 11) is 0. The Morgan fingerprint density at radius 1 is 1.25 bits per heavy atom. The number of hydrogen-bond donors (Lipinski definition) is 1. The van der Waals surface area contributed by atoms with E-state index >= 15 is 0 Å². The van der Waals surface area contributed by atoms with Crippen molar-refractivity contribution in [3.8, 4) is 11.4 Å². The second kappa shape index (κ2) is 6.48. The van der Waals surface area contributed by atoms with Crippen LogP contribution in [0.4, 0.5) is 0 Å². The summed E-state index contributed by atoms with van der Waals surface area (Å²) in [4.78, 5) is 17.4. The molecule has 0 spiro atoms. The topological polar surface area (TPSA) is 59.8 Å². The minimum atomic E-state index is -0.471. The zero-order valence-electron chi connectivity index (χ0n) is 15.0. The molecule has 0 radical (unpaired) electrons. The molecule has 0 aliphatic carbocycles. The third-order valence-electron chi connectivity index (χ3n) is 4.63. The molecule has 0 unspecified atom stereocenters. The first-order valence-electron chi connectivity index (χ1n) is 8.66. The zero-order valence-corrected chi connectivity index (χ0v) is 15.0. The number of carbonyl (C=O) groups excluding carboxylic acids is 1. The lowest BCUT2D eigenvalue weighted by Gasteiger charge is -2.26. The van der Waals surface area contributed by atoms with E-state index in [0.717, 1.165) is 48.6 Å². The van der Waals surface area contributed by atoms with E-state index in [1.807, 2.05) is 39.0 Å². The van der Waals surface area contributed by atoms with Gasteiger partial charge in [0.05, 0.1) is 11.4 Å². The summed E-state index contributed by atoms with van der Waals surface area (Å²) in [5, 5.41) is 8.10. The van der Waals surface area contributed by atoms with Gasteiger partial charge in [-0.15, -0.1) is 0 Å². The fraction of sp³-hybridized carbons (Fsp3) is 0.526. The van der Waals surface area contributed by atoms with Crippen LogP contribution in [0.5, 0.6) is 0 Å². The quantitative estimate of drug-likeness (QED) is 0.919. The normalized spacial score (nSPS) is 16.3. The molecule has 2 aromatic rings. The Hall–Kier alpha value is -2.01. The maximum absolute atomic E-state index is 13.0. The van der Waals surface area contributed by atoms with Gasteiger partial charge in [-0.05, 0) is 45.0 Å². The van der Waals surface area contributed by atoms with Gasteiger partial charge in [-0.3, -0.25) is 9.78 Å². The highest BCUT2D eigenvalue weighted by molar-refractivity contribution is 5.85. The smallest absolute Gasteiger partial charge is 0.252 e. The number of aromatic nitrogens is 3. The SMILES string of the molecule is Cc1c(-c2ccccn2)nn(C(=O)C(C)(C)C)c1C1CCNCC1. The van der Waals surface area contributed by atoms with Crippen molar-refractivity contribution in [1.29, 1.82) is 0 Å². The molecule has 0 aromatic carbocycles. The molecular weight excluding hydrogens is 300 g/mol. The van der Waals surface area contributed by atoms with Gasteiger partial charge in [0, 0.05) is 23.1 Å². The minimum absolute atomic E-state index is 0.0429. The Morgan fingerprint density at radius 2 is 1.96 bits per heavy atom. The number of nitrogens with one attached hydrogen (secondary N) is 1. The Labute approximate surface area is 143 Å².